The van der Waals surface area contributed by atoms with Crippen molar-refractivity contribution in [2.45, 2.75) is 27.2 Å². The molecule has 3 heteroatoms. The Bertz CT molecular complexity index is 247. The van der Waals surface area contributed by atoms with Crippen molar-refractivity contribution in [1.29, 1.82) is 5.41 Å². The highest BCUT2D eigenvalue weighted by molar-refractivity contribution is 5.93. The van der Waals surface area contributed by atoms with Crippen LogP contribution in [0.4, 0.5) is 0 Å². The van der Waals surface area contributed by atoms with E-state index in [9.17, 15) is 0 Å². The number of aromatic nitrogens is 2. The molecule has 0 aliphatic carbocycles. The molecule has 0 spiro atoms. The van der Waals surface area contributed by atoms with Crippen LogP contribution in [0, 0.1) is 5.41 Å². The topological polar surface area (TPSA) is 52.5 Å². The van der Waals surface area contributed by atoms with Crippen LogP contribution in [0.5, 0.6) is 0 Å². The Labute approximate surface area is 79.4 Å². The standard InChI is InChI=1S/C7H9N3.C3H8/c1-6(8)2-3-7-9-4-5-10-7;1-3-2/h2-5,8H,1H3,(H,9,10);3H2,1-2H3/b3-2-,8-6?;. The monoisotopic (exact) mass is 179 g/mol. The van der Waals surface area contributed by atoms with E-state index in [1.54, 1.807) is 31.5 Å². The maximum Gasteiger partial charge on any atom is 0.129 e. The second kappa shape index (κ2) is 7.28. The molecule has 0 amide bonds. The van der Waals surface area contributed by atoms with Gasteiger partial charge in [0.15, 0.2) is 0 Å². The molecule has 1 heterocycles. The molecule has 0 aliphatic heterocycles. The first-order valence-electron chi connectivity index (χ1n) is 4.43. The van der Waals surface area contributed by atoms with E-state index in [0.717, 1.165) is 5.82 Å². The van der Waals surface area contributed by atoms with Crippen LogP contribution in [-0.2, 0) is 0 Å². The van der Waals surface area contributed by atoms with Gasteiger partial charge in [0, 0.05) is 18.1 Å². The first-order valence-corrected chi connectivity index (χ1v) is 4.43. The molecule has 1 rings (SSSR count). The Hall–Kier alpha value is -1.38. The number of H-pyrrole nitrogens is 1. The van der Waals surface area contributed by atoms with Crippen molar-refractivity contribution >= 4 is 11.8 Å². The van der Waals surface area contributed by atoms with Crippen LogP contribution < -0.4 is 0 Å². The number of nitrogens with zero attached hydrogens (tertiary/aromatic N) is 1. The van der Waals surface area contributed by atoms with Crippen LogP contribution >= 0.6 is 0 Å². The van der Waals surface area contributed by atoms with Gasteiger partial charge in [-0.2, -0.15) is 0 Å². The van der Waals surface area contributed by atoms with Crippen molar-refractivity contribution < 1.29 is 0 Å². The zero-order valence-corrected chi connectivity index (χ0v) is 8.46. The summed E-state index contributed by atoms with van der Waals surface area (Å²) in [5, 5.41) is 7.07. The number of aromatic amines is 1. The van der Waals surface area contributed by atoms with Gasteiger partial charge in [0.1, 0.15) is 5.82 Å². The van der Waals surface area contributed by atoms with E-state index < -0.39 is 0 Å². The van der Waals surface area contributed by atoms with E-state index in [2.05, 4.69) is 23.8 Å². The van der Waals surface area contributed by atoms with Gasteiger partial charge < -0.3 is 10.4 Å². The predicted octanol–water partition coefficient (Wildman–Crippen LogP) is 2.88. The fourth-order valence-corrected chi connectivity index (χ4v) is 0.573. The first-order chi connectivity index (χ1) is 6.20. The summed E-state index contributed by atoms with van der Waals surface area (Å²) in [5.74, 6) is 0.784. The summed E-state index contributed by atoms with van der Waals surface area (Å²) >= 11 is 0. The number of imidazole rings is 1. The quantitative estimate of drug-likeness (QED) is 0.674. The van der Waals surface area contributed by atoms with Crippen LogP contribution in [-0.4, -0.2) is 15.7 Å². The highest BCUT2D eigenvalue weighted by Crippen LogP contribution is 1.91. The molecule has 0 fully saturated rings. The van der Waals surface area contributed by atoms with Crippen molar-refractivity contribution in [3.63, 3.8) is 0 Å². The number of hydrogen-bond donors (Lipinski definition) is 2. The van der Waals surface area contributed by atoms with Crippen molar-refractivity contribution in [3.05, 3.63) is 24.3 Å². The molecule has 0 unspecified atom stereocenters. The summed E-state index contributed by atoms with van der Waals surface area (Å²) in [6.07, 6.45) is 8.14. The third-order valence-electron chi connectivity index (χ3n) is 1.01. The Morgan fingerprint density at radius 1 is 1.62 bits per heavy atom. The Morgan fingerprint density at radius 2 is 2.23 bits per heavy atom. The molecule has 13 heavy (non-hydrogen) atoms. The molecule has 0 atom stereocenters. The summed E-state index contributed by atoms with van der Waals surface area (Å²) in [7, 11) is 0. The third-order valence-corrected chi connectivity index (χ3v) is 1.01. The molecule has 72 valence electrons. The zero-order chi connectivity index (χ0) is 10.1. The second-order valence-corrected chi connectivity index (χ2v) is 2.70. The molecule has 0 saturated carbocycles. The summed E-state index contributed by atoms with van der Waals surface area (Å²) < 4.78 is 0. The van der Waals surface area contributed by atoms with E-state index in [4.69, 9.17) is 5.41 Å². The Kier molecular flexibility index (Phi) is 6.51. The molecular weight excluding hydrogens is 162 g/mol. The van der Waals surface area contributed by atoms with Crippen LogP contribution in [0.3, 0.4) is 0 Å². The van der Waals surface area contributed by atoms with E-state index in [1.165, 1.54) is 6.42 Å². The van der Waals surface area contributed by atoms with Crippen LogP contribution in [0.1, 0.15) is 33.0 Å². The maximum atomic E-state index is 7.07. The number of nitrogens with one attached hydrogen (secondary N) is 2. The summed E-state index contributed by atoms with van der Waals surface area (Å²) in [6.45, 7) is 5.97. The van der Waals surface area contributed by atoms with Gasteiger partial charge >= 0.3 is 0 Å². The minimum Gasteiger partial charge on any atom is -0.345 e. The summed E-state index contributed by atoms with van der Waals surface area (Å²) in [6, 6.07) is 0. The first kappa shape index (κ1) is 11.6. The lowest BCUT2D eigenvalue weighted by Crippen LogP contribution is -1.79. The Balaban J connectivity index is 0.000000424. The van der Waals surface area contributed by atoms with Gasteiger partial charge in [-0.3, -0.25) is 0 Å². The van der Waals surface area contributed by atoms with E-state index >= 15 is 0 Å². The van der Waals surface area contributed by atoms with Crippen molar-refractivity contribution in [3.8, 4) is 0 Å². The van der Waals surface area contributed by atoms with Crippen LogP contribution in [0.15, 0.2) is 18.5 Å². The predicted molar refractivity (Wildman–Crippen MR) is 57.0 cm³/mol. The van der Waals surface area contributed by atoms with E-state index in [0.29, 0.717) is 5.71 Å². The maximum absolute atomic E-state index is 7.07. The molecule has 0 bridgehead atoms. The van der Waals surface area contributed by atoms with Crippen LogP contribution in [0.2, 0.25) is 0 Å². The fourth-order valence-electron chi connectivity index (χ4n) is 0.573. The molecule has 0 saturated heterocycles. The lowest BCUT2D eigenvalue weighted by molar-refractivity contribution is 1.09. The lowest BCUT2D eigenvalue weighted by atomic mass is 10.4. The molecular formula is C10H17N3. The minimum absolute atomic E-state index is 0.524. The summed E-state index contributed by atoms with van der Waals surface area (Å²) in [5.41, 5.74) is 0.524. The summed E-state index contributed by atoms with van der Waals surface area (Å²) in [4.78, 5) is 6.85. The Morgan fingerprint density at radius 3 is 2.62 bits per heavy atom. The molecule has 1 aromatic rings. The highest BCUT2D eigenvalue weighted by atomic mass is 14.9. The van der Waals surface area contributed by atoms with Gasteiger partial charge in [0.05, 0.1) is 0 Å². The molecule has 1 aromatic heterocycles. The molecule has 3 nitrogen and oxygen atoms in total. The van der Waals surface area contributed by atoms with E-state index in [1.807, 2.05) is 0 Å². The van der Waals surface area contributed by atoms with Gasteiger partial charge in [-0.15, -0.1) is 0 Å². The molecule has 0 aliphatic rings. The number of hydrogen-bond acceptors (Lipinski definition) is 2. The third kappa shape index (κ3) is 7.00. The van der Waals surface area contributed by atoms with Crippen LogP contribution in [0.25, 0.3) is 6.08 Å². The average Bonchev–Trinajstić information content (AvgIpc) is 2.54. The number of rotatable bonds is 2. The van der Waals surface area contributed by atoms with Crippen molar-refractivity contribution in [2.75, 3.05) is 0 Å². The average molecular weight is 179 g/mol. The van der Waals surface area contributed by atoms with Gasteiger partial charge in [-0.1, -0.05) is 20.3 Å². The molecule has 0 aromatic carbocycles. The van der Waals surface area contributed by atoms with Gasteiger partial charge in [-0.25, -0.2) is 4.98 Å². The largest absolute Gasteiger partial charge is 0.345 e. The highest BCUT2D eigenvalue weighted by Gasteiger charge is 1.84. The minimum atomic E-state index is 0.524. The normalized spacial score (nSPS) is 9.46. The van der Waals surface area contributed by atoms with Crippen molar-refractivity contribution in [1.82, 2.24) is 9.97 Å². The van der Waals surface area contributed by atoms with Crippen molar-refractivity contribution in [2.24, 2.45) is 0 Å². The van der Waals surface area contributed by atoms with Gasteiger partial charge in [0.2, 0.25) is 0 Å². The fraction of sp³-hybridized carbons (Fsp3) is 0.400. The molecule has 0 radical (unpaired) electrons. The molecule has 2 N–H and O–H groups in total. The van der Waals surface area contributed by atoms with Gasteiger partial charge in [-0.05, 0) is 19.1 Å². The van der Waals surface area contributed by atoms with E-state index in [-0.39, 0.29) is 0 Å². The smallest absolute Gasteiger partial charge is 0.129 e. The van der Waals surface area contributed by atoms with Gasteiger partial charge in [0.25, 0.3) is 0 Å². The number of allylic oxidation sites excluding steroid dienone is 1. The second-order valence-electron chi connectivity index (χ2n) is 2.70. The SMILES string of the molecule is CC(=N)/C=C\c1ncc[nH]1.CCC. The zero-order valence-electron chi connectivity index (χ0n) is 8.46. The lowest BCUT2D eigenvalue weighted by Gasteiger charge is -1.82.